The molecular weight excluding hydrogens is 392 g/mol. The van der Waals surface area contributed by atoms with E-state index in [2.05, 4.69) is 11.4 Å². The first-order valence-corrected chi connectivity index (χ1v) is 10.0. The number of rotatable bonds is 8. The molecule has 0 saturated heterocycles. The second-order valence-corrected chi connectivity index (χ2v) is 7.11. The number of amides is 1. The molecule has 0 fully saturated rings. The number of carbonyl (C=O) groups excluding carboxylic acids is 1. The van der Waals surface area contributed by atoms with Gasteiger partial charge in [0.1, 0.15) is 23.9 Å². The fourth-order valence-electron chi connectivity index (χ4n) is 3.24. The van der Waals surface area contributed by atoms with Crippen molar-refractivity contribution < 1.29 is 18.7 Å². The molecule has 1 unspecified atom stereocenters. The van der Waals surface area contributed by atoms with Gasteiger partial charge in [0.25, 0.3) is 5.91 Å². The van der Waals surface area contributed by atoms with Crippen molar-refractivity contribution in [3.05, 3.63) is 102 Å². The molecule has 0 aliphatic carbocycles. The Labute approximate surface area is 181 Å². The van der Waals surface area contributed by atoms with Crippen molar-refractivity contribution in [2.24, 2.45) is 0 Å². The van der Waals surface area contributed by atoms with Crippen LogP contribution in [0.2, 0.25) is 0 Å². The highest BCUT2D eigenvalue weighted by Crippen LogP contribution is 2.21. The first-order valence-electron chi connectivity index (χ1n) is 10.0. The highest BCUT2D eigenvalue weighted by Gasteiger charge is 2.16. The van der Waals surface area contributed by atoms with Gasteiger partial charge in [0.15, 0.2) is 5.76 Å². The normalized spacial score (nSPS) is 11.7. The Morgan fingerprint density at radius 1 is 1.00 bits per heavy atom. The van der Waals surface area contributed by atoms with Crippen molar-refractivity contribution in [3.63, 3.8) is 0 Å². The summed E-state index contributed by atoms with van der Waals surface area (Å²) in [5.41, 5.74) is 2.05. The van der Waals surface area contributed by atoms with Crippen LogP contribution in [-0.2, 0) is 6.61 Å². The van der Waals surface area contributed by atoms with E-state index in [4.69, 9.17) is 13.9 Å². The molecule has 31 heavy (non-hydrogen) atoms. The van der Waals surface area contributed by atoms with Crippen LogP contribution >= 0.6 is 0 Å². The van der Waals surface area contributed by atoms with Crippen LogP contribution in [0.1, 0.15) is 34.8 Å². The zero-order valence-corrected chi connectivity index (χ0v) is 17.4. The number of furan rings is 1. The summed E-state index contributed by atoms with van der Waals surface area (Å²) in [6.45, 7) is 2.16. The predicted octanol–water partition coefficient (Wildman–Crippen LogP) is 5.15. The van der Waals surface area contributed by atoms with Gasteiger partial charge in [0.2, 0.25) is 0 Å². The molecule has 1 amide bonds. The summed E-state index contributed by atoms with van der Waals surface area (Å²) in [6.07, 6.45) is 3.97. The van der Waals surface area contributed by atoms with E-state index in [1.54, 1.807) is 25.3 Å². The second-order valence-electron chi connectivity index (χ2n) is 7.11. The van der Waals surface area contributed by atoms with E-state index in [-0.39, 0.29) is 24.3 Å². The van der Waals surface area contributed by atoms with Gasteiger partial charge in [-0.3, -0.25) is 4.79 Å². The maximum atomic E-state index is 12.6. The lowest BCUT2D eigenvalue weighted by Gasteiger charge is -2.15. The SMILES string of the molecule is COc1cccc(OCc2ccc(C(=O)NC(C)c3cccc(-n4cccc4)c3)o2)c1. The molecule has 1 atom stereocenters. The average molecular weight is 416 g/mol. The molecule has 0 aliphatic rings. The Bertz CT molecular complexity index is 1150. The van der Waals surface area contributed by atoms with Gasteiger partial charge in [0, 0.05) is 24.1 Å². The van der Waals surface area contributed by atoms with Gasteiger partial charge < -0.3 is 23.8 Å². The van der Waals surface area contributed by atoms with E-state index < -0.39 is 0 Å². The maximum Gasteiger partial charge on any atom is 0.287 e. The van der Waals surface area contributed by atoms with E-state index in [1.165, 1.54) is 0 Å². The van der Waals surface area contributed by atoms with Gasteiger partial charge in [-0.05, 0) is 61.0 Å². The lowest BCUT2D eigenvalue weighted by atomic mass is 10.1. The van der Waals surface area contributed by atoms with Crippen LogP contribution in [-0.4, -0.2) is 17.6 Å². The van der Waals surface area contributed by atoms with Gasteiger partial charge in [0.05, 0.1) is 13.2 Å². The smallest absolute Gasteiger partial charge is 0.287 e. The number of hydrogen-bond acceptors (Lipinski definition) is 4. The molecule has 1 N–H and O–H groups in total. The van der Waals surface area contributed by atoms with E-state index in [0.29, 0.717) is 17.3 Å². The summed E-state index contributed by atoms with van der Waals surface area (Å²) in [5.74, 6) is 1.92. The Morgan fingerprint density at radius 3 is 2.58 bits per heavy atom. The summed E-state index contributed by atoms with van der Waals surface area (Å²) in [5, 5.41) is 2.99. The van der Waals surface area contributed by atoms with E-state index >= 15 is 0 Å². The van der Waals surface area contributed by atoms with E-state index in [9.17, 15) is 4.79 Å². The van der Waals surface area contributed by atoms with Crippen molar-refractivity contribution in [1.29, 1.82) is 0 Å². The number of methoxy groups -OCH3 is 1. The molecule has 4 rings (SSSR count). The minimum absolute atomic E-state index is 0.176. The zero-order chi connectivity index (χ0) is 21.6. The largest absolute Gasteiger partial charge is 0.497 e. The van der Waals surface area contributed by atoms with Crippen molar-refractivity contribution in [2.75, 3.05) is 7.11 Å². The molecule has 0 radical (unpaired) electrons. The van der Waals surface area contributed by atoms with Crippen LogP contribution in [0.15, 0.2) is 89.6 Å². The lowest BCUT2D eigenvalue weighted by molar-refractivity contribution is 0.0907. The number of ether oxygens (including phenoxy) is 2. The van der Waals surface area contributed by atoms with Gasteiger partial charge >= 0.3 is 0 Å². The molecule has 0 bridgehead atoms. The first kappa shape index (κ1) is 20.3. The predicted molar refractivity (Wildman–Crippen MR) is 118 cm³/mol. The molecule has 6 heteroatoms. The zero-order valence-electron chi connectivity index (χ0n) is 17.4. The molecular formula is C25H24N2O4. The fraction of sp³-hybridized carbons (Fsp3) is 0.160. The molecule has 4 aromatic rings. The monoisotopic (exact) mass is 416 g/mol. The van der Waals surface area contributed by atoms with Gasteiger partial charge in [-0.25, -0.2) is 0 Å². The summed E-state index contributed by atoms with van der Waals surface area (Å²) in [7, 11) is 1.61. The van der Waals surface area contributed by atoms with Gasteiger partial charge in [-0.2, -0.15) is 0 Å². The Morgan fingerprint density at radius 2 is 1.77 bits per heavy atom. The van der Waals surface area contributed by atoms with E-state index in [0.717, 1.165) is 11.3 Å². The highest BCUT2D eigenvalue weighted by atomic mass is 16.5. The van der Waals surface area contributed by atoms with Gasteiger partial charge in [-0.1, -0.05) is 18.2 Å². The minimum Gasteiger partial charge on any atom is -0.497 e. The van der Waals surface area contributed by atoms with Crippen LogP contribution in [0.5, 0.6) is 11.5 Å². The standard InChI is InChI=1S/C25H24N2O4/c1-18(19-7-5-8-20(15-19)27-13-3-4-14-27)26-25(28)24-12-11-23(31-24)17-30-22-10-6-9-21(16-22)29-2/h3-16,18H,17H2,1-2H3,(H,26,28). The lowest BCUT2D eigenvalue weighted by Crippen LogP contribution is -2.26. The third-order valence-corrected chi connectivity index (χ3v) is 4.93. The third-order valence-electron chi connectivity index (χ3n) is 4.93. The number of carbonyl (C=O) groups is 1. The number of aromatic nitrogens is 1. The van der Waals surface area contributed by atoms with Crippen LogP contribution in [0.3, 0.4) is 0 Å². The van der Waals surface area contributed by atoms with Crippen molar-refractivity contribution in [1.82, 2.24) is 9.88 Å². The second kappa shape index (κ2) is 9.26. The van der Waals surface area contributed by atoms with Crippen LogP contribution < -0.4 is 14.8 Å². The molecule has 6 nitrogen and oxygen atoms in total. The van der Waals surface area contributed by atoms with E-state index in [1.807, 2.05) is 72.4 Å². The number of hydrogen-bond donors (Lipinski definition) is 1. The number of nitrogens with one attached hydrogen (secondary N) is 1. The van der Waals surface area contributed by atoms with Crippen molar-refractivity contribution in [3.8, 4) is 17.2 Å². The summed E-state index contributed by atoms with van der Waals surface area (Å²) < 4.78 is 18.6. The van der Waals surface area contributed by atoms with Crippen molar-refractivity contribution in [2.45, 2.75) is 19.6 Å². The van der Waals surface area contributed by atoms with Crippen LogP contribution in [0.4, 0.5) is 0 Å². The molecule has 2 aromatic carbocycles. The highest BCUT2D eigenvalue weighted by molar-refractivity contribution is 5.91. The molecule has 158 valence electrons. The topological polar surface area (TPSA) is 65.6 Å². The molecule has 2 aromatic heterocycles. The number of benzene rings is 2. The maximum absolute atomic E-state index is 12.6. The third kappa shape index (κ3) is 4.98. The van der Waals surface area contributed by atoms with Crippen molar-refractivity contribution >= 4 is 5.91 Å². The Kier molecular flexibility index (Phi) is 6.08. The Balaban J connectivity index is 1.37. The van der Waals surface area contributed by atoms with Gasteiger partial charge in [-0.15, -0.1) is 0 Å². The van der Waals surface area contributed by atoms with Crippen LogP contribution in [0, 0.1) is 0 Å². The Hall–Kier alpha value is -3.93. The average Bonchev–Trinajstić information content (AvgIpc) is 3.50. The molecule has 0 aliphatic heterocycles. The molecule has 0 spiro atoms. The van der Waals surface area contributed by atoms with Crippen LogP contribution in [0.25, 0.3) is 5.69 Å². The minimum atomic E-state index is -0.272. The first-order chi connectivity index (χ1) is 15.1. The summed E-state index contributed by atoms with van der Waals surface area (Å²) in [6, 6.07) is 22.6. The molecule has 2 heterocycles. The quantitative estimate of drug-likeness (QED) is 0.431. The fourth-order valence-corrected chi connectivity index (χ4v) is 3.24. The molecule has 0 saturated carbocycles. The summed E-state index contributed by atoms with van der Waals surface area (Å²) >= 11 is 0. The number of nitrogens with zero attached hydrogens (tertiary/aromatic N) is 1. The summed E-state index contributed by atoms with van der Waals surface area (Å²) in [4.78, 5) is 12.6.